The van der Waals surface area contributed by atoms with Gasteiger partial charge >= 0.3 is 5.97 Å². The summed E-state index contributed by atoms with van der Waals surface area (Å²) in [5, 5.41) is 9.77. The van der Waals surface area contributed by atoms with Crippen molar-refractivity contribution in [3.8, 4) is 0 Å². The molecule has 4 heteroatoms. The van der Waals surface area contributed by atoms with Crippen LogP contribution >= 0.6 is 11.8 Å². The van der Waals surface area contributed by atoms with E-state index in [4.69, 9.17) is 0 Å². The molecule has 0 atom stereocenters. The molecule has 0 aliphatic heterocycles. The first-order chi connectivity index (χ1) is 9.45. The van der Waals surface area contributed by atoms with Crippen LogP contribution < -0.4 is 0 Å². The Morgan fingerprint density at radius 1 is 1.15 bits per heavy atom. The van der Waals surface area contributed by atoms with Crippen molar-refractivity contribution in [2.24, 2.45) is 0 Å². The molecule has 0 bridgehead atoms. The highest BCUT2D eigenvalue weighted by Gasteiger charge is 2.12. The molecule has 0 fully saturated rings. The second kappa shape index (κ2) is 6.09. The first-order valence-electron chi connectivity index (χ1n) is 6.36. The van der Waals surface area contributed by atoms with Crippen molar-refractivity contribution in [3.63, 3.8) is 0 Å². The van der Waals surface area contributed by atoms with E-state index in [0.717, 1.165) is 11.4 Å². The van der Waals surface area contributed by atoms with Gasteiger partial charge in [-0.05, 0) is 38.5 Å². The van der Waals surface area contributed by atoms with E-state index in [9.17, 15) is 9.90 Å². The molecule has 0 amide bonds. The Morgan fingerprint density at radius 2 is 1.80 bits per heavy atom. The number of aryl methyl sites for hydroxylation is 3. The number of thioether (sulfide) groups is 1. The highest BCUT2D eigenvalue weighted by molar-refractivity contribution is 7.98. The molecule has 2 rings (SSSR count). The first kappa shape index (κ1) is 14.6. The van der Waals surface area contributed by atoms with Gasteiger partial charge in [-0.3, -0.25) is 0 Å². The number of benzene rings is 1. The summed E-state index contributed by atoms with van der Waals surface area (Å²) < 4.78 is 0. The standard InChI is InChI=1S/C16H17NO2S/c1-10-6-11(2)8-13(7-10)9-20-15-14(16(18)19)5-4-12(3)17-15/h4-8H,9H2,1-3H3,(H,18,19). The zero-order valence-corrected chi connectivity index (χ0v) is 12.6. The monoisotopic (exact) mass is 287 g/mol. The summed E-state index contributed by atoms with van der Waals surface area (Å²) in [6.07, 6.45) is 0. The molecule has 0 saturated heterocycles. The largest absolute Gasteiger partial charge is 0.478 e. The number of rotatable bonds is 4. The summed E-state index contributed by atoms with van der Waals surface area (Å²) in [5.74, 6) is -0.209. The number of hydrogen-bond acceptors (Lipinski definition) is 3. The second-order valence-corrected chi connectivity index (χ2v) is 5.86. The highest BCUT2D eigenvalue weighted by atomic mass is 32.2. The summed E-state index contributed by atoms with van der Waals surface area (Å²) in [5.41, 5.74) is 4.72. The lowest BCUT2D eigenvalue weighted by atomic mass is 10.1. The number of pyridine rings is 1. The molecular formula is C16H17NO2S. The van der Waals surface area contributed by atoms with Crippen LogP contribution in [0.1, 0.15) is 32.7 Å². The number of carboxylic acids is 1. The van der Waals surface area contributed by atoms with Crippen LogP contribution in [-0.2, 0) is 5.75 Å². The van der Waals surface area contributed by atoms with Crippen molar-refractivity contribution in [1.29, 1.82) is 0 Å². The Bertz CT molecular complexity index is 633. The SMILES string of the molecule is Cc1cc(C)cc(CSc2nc(C)ccc2C(=O)O)c1. The zero-order valence-electron chi connectivity index (χ0n) is 11.8. The number of aromatic carboxylic acids is 1. The number of hydrogen-bond donors (Lipinski definition) is 1. The maximum absolute atomic E-state index is 11.2. The fraction of sp³-hybridized carbons (Fsp3) is 0.250. The van der Waals surface area contributed by atoms with Crippen molar-refractivity contribution in [2.45, 2.75) is 31.6 Å². The van der Waals surface area contributed by atoms with Crippen molar-refractivity contribution >= 4 is 17.7 Å². The molecular weight excluding hydrogens is 270 g/mol. The molecule has 0 radical (unpaired) electrons. The fourth-order valence-corrected chi connectivity index (χ4v) is 3.10. The van der Waals surface area contributed by atoms with E-state index in [-0.39, 0.29) is 5.56 Å². The van der Waals surface area contributed by atoms with Gasteiger partial charge in [0.2, 0.25) is 0 Å². The average molecular weight is 287 g/mol. The molecule has 1 N–H and O–H groups in total. The average Bonchev–Trinajstić information content (AvgIpc) is 2.35. The lowest BCUT2D eigenvalue weighted by Gasteiger charge is -2.07. The van der Waals surface area contributed by atoms with Crippen LogP contribution in [0.3, 0.4) is 0 Å². The van der Waals surface area contributed by atoms with Gasteiger partial charge in [-0.2, -0.15) is 0 Å². The van der Waals surface area contributed by atoms with E-state index in [1.165, 1.54) is 28.5 Å². The van der Waals surface area contributed by atoms with E-state index in [2.05, 4.69) is 37.0 Å². The van der Waals surface area contributed by atoms with Gasteiger partial charge in [0.1, 0.15) is 5.03 Å². The van der Waals surface area contributed by atoms with Crippen LogP contribution in [0.4, 0.5) is 0 Å². The molecule has 0 saturated carbocycles. The van der Waals surface area contributed by atoms with Gasteiger partial charge in [0.25, 0.3) is 0 Å². The van der Waals surface area contributed by atoms with Crippen molar-refractivity contribution in [2.75, 3.05) is 0 Å². The molecule has 3 nitrogen and oxygen atoms in total. The van der Waals surface area contributed by atoms with Gasteiger partial charge < -0.3 is 5.11 Å². The maximum atomic E-state index is 11.2. The van der Waals surface area contributed by atoms with Crippen LogP contribution in [0.5, 0.6) is 0 Å². The zero-order chi connectivity index (χ0) is 14.7. The maximum Gasteiger partial charge on any atom is 0.338 e. The third-order valence-electron chi connectivity index (χ3n) is 2.89. The molecule has 104 valence electrons. The van der Waals surface area contributed by atoms with Crippen LogP contribution in [0.25, 0.3) is 0 Å². The Kier molecular flexibility index (Phi) is 4.45. The van der Waals surface area contributed by atoms with Crippen molar-refractivity contribution in [3.05, 3.63) is 58.3 Å². The fourth-order valence-electron chi connectivity index (χ4n) is 2.11. The topological polar surface area (TPSA) is 50.2 Å². The molecule has 1 aromatic heterocycles. The Hall–Kier alpha value is -1.81. The van der Waals surface area contributed by atoms with E-state index < -0.39 is 5.97 Å². The van der Waals surface area contributed by atoms with Crippen LogP contribution in [0.2, 0.25) is 0 Å². The second-order valence-electron chi connectivity index (χ2n) is 4.90. The molecule has 1 heterocycles. The van der Waals surface area contributed by atoms with Crippen molar-refractivity contribution < 1.29 is 9.90 Å². The molecule has 0 unspecified atom stereocenters. The molecule has 0 aliphatic rings. The molecule has 20 heavy (non-hydrogen) atoms. The molecule has 2 aromatic rings. The lowest BCUT2D eigenvalue weighted by Crippen LogP contribution is -2.02. The van der Waals surface area contributed by atoms with Gasteiger partial charge in [0, 0.05) is 11.4 Å². The number of carboxylic acid groups (broad SMARTS) is 1. The van der Waals surface area contributed by atoms with Gasteiger partial charge in [-0.25, -0.2) is 9.78 Å². The highest BCUT2D eigenvalue weighted by Crippen LogP contribution is 2.25. The third-order valence-corrected chi connectivity index (χ3v) is 3.95. The quantitative estimate of drug-likeness (QED) is 0.864. The van der Waals surface area contributed by atoms with Gasteiger partial charge in [-0.15, -0.1) is 11.8 Å². The first-order valence-corrected chi connectivity index (χ1v) is 7.35. The summed E-state index contributed by atoms with van der Waals surface area (Å²) in [7, 11) is 0. The number of aromatic nitrogens is 1. The van der Waals surface area contributed by atoms with Crippen LogP contribution in [-0.4, -0.2) is 16.1 Å². The Morgan fingerprint density at radius 3 is 2.40 bits per heavy atom. The minimum atomic E-state index is -0.930. The summed E-state index contributed by atoms with van der Waals surface area (Å²) in [4.78, 5) is 15.5. The van der Waals surface area contributed by atoms with Crippen molar-refractivity contribution in [1.82, 2.24) is 4.98 Å². The summed E-state index contributed by atoms with van der Waals surface area (Å²) in [6.45, 7) is 6.00. The van der Waals surface area contributed by atoms with E-state index in [1.807, 2.05) is 6.92 Å². The van der Waals surface area contributed by atoms with Crippen LogP contribution in [0, 0.1) is 20.8 Å². The van der Waals surface area contributed by atoms with Crippen LogP contribution in [0.15, 0.2) is 35.4 Å². The number of carbonyl (C=O) groups is 1. The summed E-state index contributed by atoms with van der Waals surface area (Å²) >= 11 is 1.47. The molecule has 1 aromatic carbocycles. The minimum Gasteiger partial charge on any atom is -0.478 e. The normalized spacial score (nSPS) is 10.6. The van der Waals surface area contributed by atoms with Gasteiger partial charge in [-0.1, -0.05) is 29.3 Å². The molecule has 0 spiro atoms. The van der Waals surface area contributed by atoms with E-state index >= 15 is 0 Å². The number of nitrogens with zero attached hydrogens (tertiary/aromatic N) is 1. The van der Waals surface area contributed by atoms with Gasteiger partial charge in [0.05, 0.1) is 5.56 Å². The van der Waals surface area contributed by atoms with Gasteiger partial charge in [0.15, 0.2) is 0 Å². The third kappa shape index (κ3) is 3.61. The Labute approximate surface area is 123 Å². The minimum absolute atomic E-state index is 0.268. The lowest BCUT2D eigenvalue weighted by molar-refractivity contribution is 0.0692. The Balaban J connectivity index is 2.22. The van der Waals surface area contributed by atoms with E-state index in [1.54, 1.807) is 12.1 Å². The predicted octanol–water partition coefficient (Wildman–Crippen LogP) is 4.00. The van der Waals surface area contributed by atoms with E-state index in [0.29, 0.717) is 5.03 Å². The predicted molar refractivity (Wildman–Crippen MR) is 81.4 cm³/mol. The smallest absolute Gasteiger partial charge is 0.338 e. The summed E-state index contributed by atoms with van der Waals surface area (Å²) in [6, 6.07) is 9.72. The molecule has 0 aliphatic carbocycles.